The van der Waals surface area contributed by atoms with Gasteiger partial charge >= 0.3 is 0 Å². The van der Waals surface area contributed by atoms with Crippen LogP contribution in [0.15, 0.2) is 41.7 Å². The molecule has 0 fully saturated rings. The summed E-state index contributed by atoms with van der Waals surface area (Å²) < 4.78 is 0. The zero-order chi connectivity index (χ0) is 10.4. The highest BCUT2D eigenvalue weighted by Crippen LogP contribution is 2.06. The van der Waals surface area contributed by atoms with E-state index in [4.69, 9.17) is 0 Å². The van der Waals surface area contributed by atoms with E-state index in [0.29, 0.717) is 0 Å². The van der Waals surface area contributed by atoms with E-state index in [1.165, 1.54) is 6.07 Å². The number of hydrogen-bond acceptors (Lipinski definition) is 1. The highest BCUT2D eigenvalue weighted by Gasteiger charge is 1.94. The zero-order valence-corrected chi connectivity index (χ0v) is 8.16. The lowest BCUT2D eigenvalue weighted by molar-refractivity contribution is 1.20. The van der Waals surface area contributed by atoms with Crippen LogP contribution in [0.5, 0.6) is 0 Å². The zero-order valence-electron chi connectivity index (χ0n) is 8.16. The summed E-state index contributed by atoms with van der Waals surface area (Å²) in [4.78, 5) is 13.8. The van der Waals surface area contributed by atoms with Crippen molar-refractivity contribution in [1.29, 1.82) is 0 Å². The number of rotatable bonds is 3. The molecule has 0 unspecified atom stereocenters. The molecule has 0 radical (unpaired) electrons. The SMILES string of the molecule is C=Cc1ccc(=O)[nH]c1/C=C\C=C\C. The van der Waals surface area contributed by atoms with Crippen LogP contribution >= 0.6 is 0 Å². The van der Waals surface area contributed by atoms with Crippen LogP contribution in [0.3, 0.4) is 0 Å². The summed E-state index contributed by atoms with van der Waals surface area (Å²) in [7, 11) is 0. The molecular formula is C12H13NO. The van der Waals surface area contributed by atoms with Crippen LogP contribution in [0.2, 0.25) is 0 Å². The first kappa shape index (κ1) is 10.3. The van der Waals surface area contributed by atoms with E-state index in [2.05, 4.69) is 11.6 Å². The molecular weight excluding hydrogens is 174 g/mol. The largest absolute Gasteiger partial charge is 0.322 e. The molecule has 2 nitrogen and oxygen atoms in total. The number of aromatic nitrogens is 1. The molecule has 0 atom stereocenters. The topological polar surface area (TPSA) is 32.9 Å². The summed E-state index contributed by atoms with van der Waals surface area (Å²) in [6.07, 6.45) is 9.26. The molecule has 0 spiro atoms. The molecule has 72 valence electrons. The van der Waals surface area contributed by atoms with Crippen LogP contribution in [0.25, 0.3) is 12.2 Å². The maximum Gasteiger partial charge on any atom is 0.248 e. The third-order valence-corrected chi connectivity index (χ3v) is 1.77. The normalized spacial score (nSPS) is 11.2. The summed E-state index contributed by atoms with van der Waals surface area (Å²) in [5, 5.41) is 0. The van der Waals surface area contributed by atoms with Crippen LogP contribution in [-0.2, 0) is 0 Å². The van der Waals surface area contributed by atoms with Crippen molar-refractivity contribution in [1.82, 2.24) is 4.98 Å². The van der Waals surface area contributed by atoms with E-state index < -0.39 is 0 Å². The van der Waals surface area contributed by atoms with E-state index in [1.807, 2.05) is 31.2 Å². The second kappa shape index (κ2) is 5.02. The van der Waals surface area contributed by atoms with Crippen LogP contribution in [0.4, 0.5) is 0 Å². The molecule has 0 bridgehead atoms. The number of pyridine rings is 1. The molecule has 0 aliphatic heterocycles. The molecule has 1 rings (SSSR count). The van der Waals surface area contributed by atoms with Crippen molar-refractivity contribution in [2.24, 2.45) is 0 Å². The van der Waals surface area contributed by atoms with Crippen molar-refractivity contribution in [3.63, 3.8) is 0 Å². The monoisotopic (exact) mass is 187 g/mol. The smallest absolute Gasteiger partial charge is 0.248 e. The van der Waals surface area contributed by atoms with Gasteiger partial charge in [0.15, 0.2) is 0 Å². The van der Waals surface area contributed by atoms with Crippen molar-refractivity contribution in [2.45, 2.75) is 6.92 Å². The van der Waals surface area contributed by atoms with Gasteiger partial charge in [0.2, 0.25) is 5.56 Å². The van der Waals surface area contributed by atoms with E-state index in [-0.39, 0.29) is 5.56 Å². The molecule has 0 amide bonds. The average Bonchev–Trinajstić information content (AvgIpc) is 2.19. The van der Waals surface area contributed by atoms with Gasteiger partial charge in [-0.25, -0.2) is 0 Å². The first-order valence-corrected chi connectivity index (χ1v) is 4.43. The lowest BCUT2D eigenvalue weighted by atomic mass is 10.2. The Bertz CT molecular complexity index is 424. The van der Waals surface area contributed by atoms with E-state index >= 15 is 0 Å². The number of aromatic amines is 1. The first-order valence-electron chi connectivity index (χ1n) is 4.43. The predicted molar refractivity (Wildman–Crippen MR) is 61.0 cm³/mol. The minimum absolute atomic E-state index is 0.101. The molecule has 1 N–H and O–H groups in total. The molecule has 0 aliphatic carbocycles. The third-order valence-electron chi connectivity index (χ3n) is 1.77. The fourth-order valence-electron chi connectivity index (χ4n) is 1.08. The molecule has 14 heavy (non-hydrogen) atoms. The fourth-order valence-corrected chi connectivity index (χ4v) is 1.08. The molecule has 0 saturated heterocycles. The Morgan fingerprint density at radius 1 is 1.36 bits per heavy atom. The number of nitrogens with one attached hydrogen (secondary N) is 1. The van der Waals surface area contributed by atoms with Crippen LogP contribution in [0.1, 0.15) is 18.2 Å². The summed E-state index contributed by atoms with van der Waals surface area (Å²) >= 11 is 0. The summed E-state index contributed by atoms with van der Waals surface area (Å²) in [5.74, 6) is 0. The van der Waals surface area contributed by atoms with E-state index in [9.17, 15) is 4.79 Å². The Kier molecular flexibility index (Phi) is 3.68. The maximum absolute atomic E-state index is 11.0. The van der Waals surface area contributed by atoms with Crippen LogP contribution < -0.4 is 5.56 Å². The summed E-state index contributed by atoms with van der Waals surface area (Å²) in [6.45, 7) is 5.61. The first-order chi connectivity index (χ1) is 6.77. The highest BCUT2D eigenvalue weighted by atomic mass is 16.1. The van der Waals surface area contributed by atoms with E-state index in [1.54, 1.807) is 12.1 Å². The van der Waals surface area contributed by atoms with Crippen LogP contribution in [0, 0.1) is 0 Å². The molecule has 0 aromatic carbocycles. The van der Waals surface area contributed by atoms with Crippen molar-refractivity contribution in [3.8, 4) is 0 Å². The predicted octanol–water partition coefficient (Wildman–Crippen LogP) is 2.61. The lowest BCUT2D eigenvalue weighted by Gasteiger charge is -1.98. The summed E-state index contributed by atoms with van der Waals surface area (Å²) in [6, 6.07) is 3.24. The highest BCUT2D eigenvalue weighted by molar-refractivity contribution is 5.61. The Hall–Kier alpha value is -1.83. The lowest BCUT2D eigenvalue weighted by Crippen LogP contribution is -2.05. The van der Waals surface area contributed by atoms with Gasteiger partial charge in [-0.2, -0.15) is 0 Å². The molecule has 0 saturated carbocycles. The third kappa shape index (κ3) is 2.59. The van der Waals surface area contributed by atoms with Gasteiger partial charge in [-0.3, -0.25) is 4.79 Å². The van der Waals surface area contributed by atoms with Gasteiger partial charge in [0.25, 0.3) is 0 Å². The van der Waals surface area contributed by atoms with Gasteiger partial charge in [0.1, 0.15) is 0 Å². The van der Waals surface area contributed by atoms with Crippen LogP contribution in [-0.4, -0.2) is 4.98 Å². The standard InChI is InChI=1S/C12H13NO/c1-3-5-6-7-11-10(4-2)8-9-12(14)13-11/h3-9H,2H2,1H3,(H,13,14)/b5-3+,7-6-. The van der Waals surface area contributed by atoms with Gasteiger partial charge in [0, 0.05) is 11.8 Å². The summed E-state index contributed by atoms with van der Waals surface area (Å²) in [5.41, 5.74) is 1.60. The minimum atomic E-state index is -0.101. The Morgan fingerprint density at radius 3 is 2.79 bits per heavy atom. The number of allylic oxidation sites excluding steroid dienone is 3. The van der Waals surface area contributed by atoms with Crippen molar-refractivity contribution in [3.05, 3.63) is 58.6 Å². The molecule has 0 aliphatic rings. The van der Waals surface area contributed by atoms with Crippen molar-refractivity contribution >= 4 is 12.2 Å². The Labute approximate surface area is 83.3 Å². The van der Waals surface area contributed by atoms with Crippen molar-refractivity contribution in [2.75, 3.05) is 0 Å². The van der Waals surface area contributed by atoms with Gasteiger partial charge in [-0.05, 0) is 24.6 Å². The molecule has 2 heteroatoms. The Balaban J connectivity index is 3.10. The maximum atomic E-state index is 11.0. The van der Waals surface area contributed by atoms with Gasteiger partial charge < -0.3 is 4.98 Å². The fraction of sp³-hybridized carbons (Fsp3) is 0.0833. The van der Waals surface area contributed by atoms with Gasteiger partial charge in [0.05, 0.1) is 0 Å². The average molecular weight is 187 g/mol. The van der Waals surface area contributed by atoms with Gasteiger partial charge in [-0.1, -0.05) is 30.9 Å². The van der Waals surface area contributed by atoms with E-state index in [0.717, 1.165) is 11.3 Å². The van der Waals surface area contributed by atoms with Crippen molar-refractivity contribution < 1.29 is 0 Å². The second-order valence-electron chi connectivity index (χ2n) is 2.78. The number of hydrogen-bond donors (Lipinski definition) is 1. The Morgan fingerprint density at radius 2 is 2.14 bits per heavy atom. The molecule has 1 heterocycles. The number of H-pyrrole nitrogens is 1. The molecule has 1 aromatic rings. The minimum Gasteiger partial charge on any atom is -0.322 e. The molecule has 1 aromatic heterocycles. The quantitative estimate of drug-likeness (QED) is 0.725. The van der Waals surface area contributed by atoms with Gasteiger partial charge in [-0.15, -0.1) is 0 Å². The second-order valence-corrected chi connectivity index (χ2v) is 2.78.